The zero-order valence-corrected chi connectivity index (χ0v) is 16.2. The van der Waals surface area contributed by atoms with Crippen LogP contribution >= 0.6 is 31.9 Å². The first-order valence-corrected chi connectivity index (χ1v) is 8.48. The summed E-state index contributed by atoms with van der Waals surface area (Å²) >= 11 is 6.86. The van der Waals surface area contributed by atoms with Crippen LogP contribution in [0.25, 0.3) is 0 Å². The molecule has 3 nitrogen and oxygen atoms in total. The van der Waals surface area contributed by atoms with Crippen molar-refractivity contribution in [1.29, 1.82) is 0 Å². The molecule has 5 heteroatoms. The van der Waals surface area contributed by atoms with Crippen LogP contribution < -0.4 is 14.8 Å². The van der Waals surface area contributed by atoms with Gasteiger partial charge in [0.05, 0.1) is 11.1 Å². The van der Waals surface area contributed by atoms with Gasteiger partial charge in [0.15, 0.2) is 11.5 Å². The Morgan fingerprint density at radius 3 is 2.48 bits per heavy atom. The summed E-state index contributed by atoms with van der Waals surface area (Å²) in [4.78, 5) is 0. The van der Waals surface area contributed by atoms with Crippen molar-refractivity contribution < 1.29 is 9.47 Å². The Morgan fingerprint density at radius 2 is 1.95 bits per heavy atom. The summed E-state index contributed by atoms with van der Waals surface area (Å²) < 4.78 is 13.1. The molecule has 0 amide bonds. The van der Waals surface area contributed by atoms with Gasteiger partial charge < -0.3 is 14.8 Å². The van der Waals surface area contributed by atoms with Crippen molar-refractivity contribution in [3.63, 3.8) is 0 Å². The maximum atomic E-state index is 5.74. The van der Waals surface area contributed by atoms with Crippen LogP contribution in [0.3, 0.4) is 0 Å². The van der Waals surface area contributed by atoms with Gasteiger partial charge in [0.2, 0.25) is 0 Å². The lowest BCUT2D eigenvalue weighted by molar-refractivity contribution is 0.294. The van der Waals surface area contributed by atoms with Crippen LogP contribution in [-0.4, -0.2) is 18.8 Å². The summed E-state index contributed by atoms with van der Waals surface area (Å²) in [6.07, 6.45) is 0. The molecule has 0 radical (unpaired) electrons. The molecule has 0 spiro atoms. The minimum atomic E-state index is 0.0706. The summed E-state index contributed by atoms with van der Waals surface area (Å²) in [6, 6.07) is 4.06. The van der Waals surface area contributed by atoms with Crippen LogP contribution in [0, 0.1) is 0 Å². The standard InChI is InChI=1S/C16H23Br2NO2/c1-6-20-14-8-12(9-19-16(3,4)5)7-13(18)15(14)21-10-11(2)17/h7-8,19H,2,6,9-10H2,1,3-5H3. The highest BCUT2D eigenvalue weighted by Crippen LogP contribution is 2.37. The second-order valence-corrected chi connectivity index (χ2v) is 7.72. The zero-order valence-electron chi connectivity index (χ0n) is 13.1. The molecule has 0 atom stereocenters. The van der Waals surface area contributed by atoms with E-state index < -0.39 is 0 Å². The van der Waals surface area contributed by atoms with Crippen molar-refractivity contribution in [2.45, 2.75) is 39.8 Å². The van der Waals surface area contributed by atoms with Crippen molar-refractivity contribution in [2.75, 3.05) is 13.2 Å². The maximum Gasteiger partial charge on any atom is 0.175 e. The Morgan fingerprint density at radius 1 is 1.29 bits per heavy atom. The summed E-state index contributed by atoms with van der Waals surface area (Å²) in [5.41, 5.74) is 1.21. The van der Waals surface area contributed by atoms with Crippen LogP contribution in [0.1, 0.15) is 33.3 Å². The largest absolute Gasteiger partial charge is 0.490 e. The maximum absolute atomic E-state index is 5.74. The van der Waals surface area contributed by atoms with Gasteiger partial charge in [-0.05, 0) is 61.3 Å². The van der Waals surface area contributed by atoms with Gasteiger partial charge in [-0.25, -0.2) is 0 Å². The summed E-state index contributed by atoms with van der Waals surface area (Å²) in [5.74, 6) is 1.45. The average Bonchev–Trinajstić information content (AvgIpc) is 2.34. The van der Waals surface area contributed by atoms with Crippen molar-refractivity contribution in [3.8, 4) is 11.5 Å². The summed E-state index contributed by atoms with van der Waals surface area (Å²) in [5, 5.41) is 3.47. The summed E-state index contributed by atoms with van der Waals surface area (Å²) in [7, 11) is 0. The predicted molar refractivity (Wildman–Crippen MR) is 95.5 cm³/mol. The Balaban J connectivity index is 2.97. The SMILES string of the molecule is C=C(Br)COc1c(Br)cc(CNC(C)(C)C)cc1OCC. The monoisotopic (exact) mass is 419 g/mol. The van der Waals surface area contributed by atoms with Crippen molar-refractivity contribution in [2.24, 2.45) is 0 Å². The second kappa shape index (κ2) is 8.20. The fraction of sp³-hybridized carbons (Fsp3) is 0.500. The fourth-order valence-corrected chi connectivity index (χ4v) is 2.36. The number of benzene rings is 1. The van der Waals surface area contributed by atoms with Crippen molar-refractivity contribution in [3.05, 3.63) is 33.2 Å². The molecule has 0 heterocycles. The van der Waals surface area contributed by atoms with Gasteiger partial charge in [-0.1, -0.05) is 22.5 Å². The van der Waals surface area contributed by atoms with Crippen LogP contribution in [0.5, 0.6) is 11.5 Å². The van der Waals surface area contributed by atoms with Gasteiger partial charge in [0, 0.05) is 16.6 Å². The topological polar surface area (TPSA) is 30.5 Å². The van der Waals surface area contributed by atoms with Gasteiger partial charge in [-0.3, -0.25) is 0 Å². The molecule has 1 aromatic carbocycles. The van der Waals surface area contributed by atoms with Gasteiger partial charge in [-0.15, -0.1) is 0 Å². The molecule has 0 saturated heterocycles. The fourth-order valence-electron chi connectivity index (χ4n) is 1.64. The van der Waals surface area contributed by atoms with E-state index in [4.69, 9.17) is 9.47 Å². The molecule has 21 heavy (non-hydrogen) atoms. The molecular formula is C16H23Br2NO2. The quantitative estimate of drug-likeness (QED) is 0.671. The Hall–Kier alpha value is -0.520. The highest BCUT2D eigenvalue weighted by molar-refractivity contribution is 9.11. The van der Waals surface area contributed by atoms with Gasteiger partial charge >= 0.3 is 0 Å². The number of hydrogen-bond acceptors (Lipinski definition) is 3. The molecule has 0 bridgehead atoms. The van der Waals surface area contributed by atoms with Crippen molar-refractivity contribution in [1.82, 2.24) is 5.32 Å². The minimum absolute atomic E-state index is 0.0706. The first kappa shape index (κ1) is 18.5. The van der Waals surface area contributed by atoms with Crippen molar-refractivity contribution >= 4 is 31.9 Å². The third kappa shape index (κ3) is 6.85. The molecule has 1 aromatic rings. The van der Waals surface area contributed by atoms with E-state index in [2.05, 4.69) is 64.5 Å². The molecule has 0 aromatic heterocycles. The lowest BCUT2D eigenvalue weighted by Crippen LogP contribution is -2.35. The first-order chi connectivity index (χ1) is 9.73. The third-order valence-electron chi connectivity index (χ3n) is 2.57. The van der Waals surface area contributed by atoms with Gasteiger partial charge in [-0.2, -0.15) is 0 Å². The average molecular weight is 421 g/mol. The van der Waals surface area contributed by atoms with Gasteiger partial charge in [0.1, 0.15) is 6.61 Å². The smallest absolute Gasteiger partial charge is 0.175 e. The van der Waals surface area contributed by atoms with E-state index in [9.17, 15) is 0 Å². The first-order valence-electron chi connectivity index (χ1n) is 6.89. The van der Waals surface area contributed by atoms with Crippen LogP contribution in [0.4, 0.5) is 0 Å². The highest BCUT2D eigenvalue weighted by atomic mass is 79.9. The molecule has 0 aliphatic rings. The zero-order chi connectivity index (χ0) is 16.0. The highest BCUT2D eigenvalue weighted by Gasteiger charge is 2.14. The molecule has 1 N–H and O–H groups in total. The number of rotatable bonds is 7. The summed E-state index contributed by atoms with van der Waals surface area (Å²) in [6.45, 7) is 13.9. The normalized spacial score (nSPS) is 11.3. The van der Waals surface area contributed by atoms with Crippen LogP contribution in [0.2, 0.25) is 0 Å². The molecule has 118 valence electrons. The number of hydrogen-bond donors (Lipinski definition) is 1. The molecule has 0 saturated carbocycles. The molecule has 1 rings (SSSR count). The van der Waals surface area contributed by atoms with E-state index in [1.54, 1.807) is 0 Å². The van der Waals surface area contributed by atoms with Crippen LogP contribution in [0.15, 0.2) is 27.7 Å². The number of nitrogens with one attached hydrogen (secondary N) is 1. The van der Waals surface area contributed by atoms with E-state index in [1.165, 1.54) is 0 Å². The van der Waals surface area contributed by atoms with E-state index in [1.807, 2.05) is 19.1 Å². The van der Waals surface area contributed by atoms with E-state index >= 15 is 0 Å². The Labute approximate surface area is 144 Å². The number of halogens is 2. The molecule has 0 unspecified atom stereocenters. The third-order valence-corrected chi connectivity index (χ3v) is 3.38. The molecule has 0 aliphatic heterocycles. The Bertz CT molecular complexity index is 496. The van der Waals surface area contributed by atoms with E-state index in [-0.39, 0.29) is 5.54 Å². The van der Waals surface area contributed by atoms with Gasteiger partial charge in [0.25, 0.3) is 0 Å². The lowest BCUT2D eigenvalue weighted by Gasteiger charge is -2.21. The predicted octanol–water partition coefficient (Wildman–Crippen LogP) is 5.02. The van der Waals surface area contributed by atoms with E-state index in [0.29, 0.717) is 19.0 Å². The number of ether oxygens (including phenoxy) is 2. The second-order valence-electron chi connectivity index (χ2n) is 5.75. The molecule has 0 fully saturated rings. The molecule has 0 aliphatic carbocycles. The van der Waals surface area contributed by atoms with Crippen LogP contribution in [-0.2, 0) is 6.54 Å². The Kier molecular flexibility index (Phi) is 7.24. The lowest BCUT2D eigenvalue weighted by atomic mass is 10.1. The van der Waals surface area contributed by atoms with E-state index in [0.717, 1.165) is 26.8 Å². The molecular weight excluding hydrogens is 398 g/mol. The minimum Gasteiger partial charge on any atom is -0.490 e.